The first kappa shape index (κ1) is 46.7. The SMILES string of the molecule is CC(C)(C)OCCOc1ccc(C(=O)c2ccc(OCCOC(C)(C)C)cc2-c2c(-c3ccc(O)cc3)noc2-c2ccc(O)cc2)c(-c2c(-c3ccc(O)cc3)noc2-c2ccc(O)cc2)c1. The molecule has 2 heterocycles. The van der Waals surface area contributed by atoms with Gasteiger partial charge in [0.2, 0.25) is 0 Å². The summed E-state index contributed by atoms with van der Waals surface area (Å²) in [5, 5.41) is 50.2. The van der Waals surface area contributed by atoms with E-state index >= 15 is 4.79 Å². The van der Waals surface area contributed by atoms with Gasteiger partial charge < -0.3 is 48.4 Å². The van der Waals surface area contributed by atoms with Crippen molar-refractivity contribution in [3.05, 3.63) is 145 Å². The highest BCUT2D eigenvalue weighted by Crippen LogP contribution is 2.47. The number of ether oxygens (including phenoxy) is 4. The Labute approximate surface area is 393 Å². The van der Waals surface area contributed by atoms with Crippen molar-refractivity contribution in [2.75, 3.05) is 26.4 Å². The van der Waals surface area contributed by atoms with E-state index in [0.29, 0.717) is 92.1 Å². The minimum atomic E-state index is -0.413. The molecule has 4 N–H and O–H groups in total. The molecular formula is C55H52N2O11. The van der Waals surface area contributed by atoms with E-state index < -0.39 is 17.0 Å². The van der Waals surface area contributed by atoms with Gasteiger partial charge in [-0.25, -0.2) is 0 Å². The topological polar surface area (TPSA) is 187 Å². The van der Waals surface area contributed by atoms with Gasteiger partial charge in [0.15, 0.2) is 17.3 Å². The van der Waals surface area contributed by atoms with Gasteiger partial charge in [-0.1, -0.05) is 10.3 Å². The van der Waals surface area contributed by atoms with Gasteiger partial charge in [-0.2, -0.15) is 0 Å². The minimum absolute atomic E-state index is 0.0473. The number of aromatic hydroxyl groups is 4. The molecule has 8 rings (SSSR count). The molecule has 0 bridgehead atoms. The average molecular weight is 917 g/mol. The Balaban J connectivity index is 1.35. The molecule has 6 aromatic carbocycles. The van der Waals surface area contributed by atoms with Crippen molar-refractivity contribution in [1.82, 2.24) is 10.3 Å². The second kappa shape index (κ2) is 19.5. The van der Waals surface area contributed by atoms with E-state index in [9.17, 15) is 20.4 Å². The second-order valence-electron chi connectivity index (χ2n) is 18.0. The summed E-state index contributed by atoms with van der Waals surface area (Å²) in [7, 11) is 0. The number of hydrogen-bond acceptors (Lipinski definition) is 13. The predicted molar refractivity (Wildman–Crippen MR) is 258 cm³/mol. The summed E-state index contributed by atoms with van der Waals surface area (Å²) in [6.07, 6.45) is 0. The van der Waals surface area contributed by atoms with Crippen LogP contribution in [0.4, 0.5) is 0 Å². The van der Waals surface area contributed by atoms with Gasteiger partial charge in [-0.15, -0.1) is 0 Å². The number of aromatic nitrogens is 2. The molecule has 0 amide bonds. The predicted octanol–water partition coefficient (Wildman–Crippen LogP) is 12.1. The smallest absolute Gasteiger partial charge is 0.194 e. The van der Waals surface area contributed by atoms with Crippen molar-refractivity contribution >= 4 is 5.78 Å². The van der Waals surface area contributed by atoms with Crippen molar-refractivity contribution in [3.8, 4) is 102 Å². The maximum absolute atomic E-state index is 15.9. The van der Waals surface area contributed by atoms with Crippen LogP contribution in [-0.4, -0.2) is 74.2 Å². The standard InChI is InChI=1S/C55H52N2O11/c1-54(2,3)65-29-27-63-41-23-25-43(45(31-41)47-49(33-7-15-37(58)16-8-33)56-67-52(47)35-11-19-39(60)20-12-35)51(62)44-26-24-42(64-28-30-66-55(4,5)6)32-46(44)48-50(34-9-17-38(59)18-10-34)57-68-53(48)36-13-21-40(61)22-14-36/h7-26,31-32,58-61H,27-30H2,1-6H3. The van der Waals surface area contributed by atoms with Gasteiger partial charge in [0.1, 0.15) is 59.1 Å². The van der Waals surface area contributed by atoms with Crippen molar-refractivity contribution in [2.45, 2.75) is 52.7 Å². The summed E-state index contributed by atoms with van der Waals surface area (Å²) < 4.78 is 36.7. The molecule has 0 aliphatic carbocycles. The lowest BCUT2D eigenvalue weighted by molar-refractivity contribution is -0.0165. The van der Waals surface area contributed by atoms with Gasteiger partial charge in [0, 0.05) is 44.5 Å². The molecule has 0 fully saturated rings. The van der Waals surface area contributed by atoms with Crippen LogP contribution < -0.4 is 9.47 Å². The van der Waals surface area contributed by atoms with E-state index in [0.717, 1.165) is 0 Å². The van der Waals surface area contributed by atoms with E-state index in [2.05, 4.69) is 10.3 Å². The summed E-state index contributed by atoms with van der Waals surface area (Å²) in [6, 6.07) is 36.2. The first-order valence-electron chi connectivity index (χ1n) is 22.1. The van der Waals surface area contributed by atoms with Crippen LogP contribution in [0.2, 0.25) is 0 Å². The van der Waals surface area contributed by atoms with Crippen molar-refractivity contribution in [2.24, 2.45) is 0 Å². The van der Waals surface area contributed by atoms with Gasteiger partial charge >= 0.3 is 0 Å². The molecule has 0 radical (unpaired) electrons. The van der Waals surface area contributed by atoms with Gasteiger partial charge in [-0.05, 0) is 175 Å². The second-order valence-corrected chi connectivity index (χ2v) is 18.0. The number of carbonyl (C=O) groups is 1. The van der Waals surface area contributed by atoms with E-state index in [1.807, 2.05) is 41.5 Å². The summed E-state index contributed by atoms with van der Waals surface area (Å²) in [5.74, 6) is 1.27. The normalized spacial score (nSPS) is 11.7. The quantitative estimate of drug-likeness (QED) is 0.0530. The largest absolute Gasteiger partial charge is 0.508 e. The van der Waals surface area contributed by atoms with Crippen LogP contribution in [-0.2, 0) is 9.47 Å². The number of carbonyl (C=O) groups excluding carboxylic acids is 1. The van der Waals surface area contributed by atoms with E-state index in [4.69, 9.17) is 28.0 Å². The number of phenolic OH excluding ortho intramolecular Hbond substituents is 4. The highest BCUT2D eigenvalue weighted by Gasteiger charge is 2.30. The summed E-state index contributed by atoms with van der Waals surface area (Å²) >= 11 is 0. The molecule has 0 spiro atoms. The van der Waals surface area contributed by atoms with Crippen LogP contribution in [0, 0.1) is 0 Å². The lowest BCUT2D eigenvalue weighted by Crippen LogP contribution is -2.22. The number of benzene rings is 6. The third kappa shape index (κ3) is 10.9. The van der Waals surface area contributed by atoms with E-state index in [1.165, 1.54) is 48.5 Å². The van der Waals surface area contributed by atoms with Crippen molar-refractivity contribution in [3.63, 3.8) is 0 Å². The van der Waals surface area contributed by atoms with Gasteiger partial charge in [0.25, 0.3) is 0 Å². The molecule has 13 heteroatoms. The molecular weight excluding hydrogens is 865 g/mol. The fourth-order valence-corrected chi connectivity index (χ4v) is 7.53. The van der Waals surface area contributed by atoms with Crippen molar-refractivity contribution in [1.29, 1.82) is 0 Å². The molecule has 348 valence electrons. The average Bonchev–Trinajstić information content (AvgIpc) is 3.95. The molecule has 0 aliphatic heterocycles. The first-order chi connectivity index (χ1) is 32.5. The van der Waals surface area contributed by atoms with E-state index in [-0.39, 0.29) is 47.3 Å². The molecule has 68 heavy (non-hydrogen) atoms. The lowest BCUT2D eigenvalue weighted by atomic mass is 9.86. The molecule has 0 aliphatic rings. The van der Waals surface area contributed by atoms with Crippen LogP contribution >= 0.6 is 0 Å². The Morgan fingerprint density at radius 3 is 1.10 bits per heavy atom. The van der Waals surface area contributed by atoms with Gasteiger partial charge in [-0.3, -0.25) is 4.79 Å². The maximum Gasteiger partial charge on any atom is 0.194 e. The summed E-state index contributed by atoms with van der Waals surface area (Å²) in [4.78, 5) is 15.9. The summed E-state index contributed by atoms with van der Waals surface area (Å²) in [5.41, 5.74) is 4.48. The zero-order valence-corrected chi connectivity index (χ0v) is 38.6. The molecule has 13 nitrogen and oxygen atoms in total. The van der Waals surface area contributed by atoms with E-state index in [1.54, 1.807) is 84.9 Å². The Bertz CT molecular complexity index is 2680. The maximum atomic E-state index is 15.9. The molecule has 8 aromatic rings. The Morgan fingerprint density at radius 1 is 0.456 bits per heavy atom. The monoisotopic (exact) mass is 916 g/mol. The Morgan fingerprint density at radius 2 is 0.779 bits per heavy atom. The molecule has 0 saturated carbocycles. The number of ketones is 1. The Kier molecular flexibility index (Phi) is 13.4. The number of hydrogen-bond donors (Lipinski definition) is 4. The molecule has 0 saturated heterocycles. The highest BCUT2D eigenvalue weighted by molar-refractivity contribution is 6.18. The van der Waals surface area contributed by atoms with Gasteiger partial charge in [0.05, 0.1) is 35.5 Å². The fraction of sp³-hybridized carbons (Fsp3) is 0.218. The minimum Gasteiger partial charge on any atom is -0.508 e. The van der Waals surface area contributed by atoms with Crippen LogP contribution in [0.15, 0.2) is 143 Å². The number of nitrogens with zero attached hydrogens (tertiary/aromatic N) is 2. The van der Waals surface area contributed by atoms with Crippen LogP contribution in [0.3, 0.4) is 0 Å². The zero-order valence-electron chi connectivity index (χ0n) is 38.6. The molecule has 2 aromatic heterocycles. The van der Waals surface area contributed by atoms with Crippen LogP contribution in [0.1, 0.15) is 57.5 Å². The van der Waals surface area contributed by atoms with Crippen LogP contribution in [0.5, 0.6) is 34.5 Å². The molecule has 0 unspecified atom stereocenters. The third-order valence-corrected chi connectivity index (χ3v) is 10.7. The van der Waals surface area contributed by atoms with Crippen molar-refractivity contribution < 1.29 is 53.2 Å². The zero-order chi connectivity index (χ0) is 48.2. The Hall–Kier alpha value is -7.87. The first-order valence-corrected chi connectivity index (χ1v) is 22.1. The highest BCUT2D eigenvalue weighted by atomic mass is 16.5. The van der Waals surface area contributed by atoms with Crippen LogP contribution in [0.25, 0.3) is 67.4 Å². The number of rotatable bonds is 16. The lowest BCUT2D eigenvalue weighted by Gasteiger charge is -2.20. The fourth-order valence-electron chi connectivity index (χ4n) is 7.53. The third-order valence-electron chi connectivity index (χ3n) is 10.7. The summed E-state index contributed by atoms with van der Waals surface area (Å²) in [6.45, 7) is 12.8. The number of phenols is 4. The molecule has 0 atom stereocenters.